The van der Waals surface area contributed by atoms with Crippen LogP contribution in [0.15, 0.2) is 36.4 Å². The minimum atomic E-state index is -1.00. The highest BCUT2D eigenvalue weighted by Crippen LogP contribution is 2.39. The number of phenolic OH excluding ortho intramolecular Hbond substituents is 1. The van der Waals surface area contributed by atoms with Gasteiger partial charge in [0.25, 0.3) is 0 Å². The molecule has 7 nitrogen and oxygen atoms in total. The van der Waals surface area contributed by atoms with Crippen LogP contribution < -0.4 is 4.74 Å². The Balaban J connectivity index is 1.65. The molecule has 2 heterocycles. The van der Waals surface area contributed by atoms with Gasteiger partial charge < -0.3 is 19.8 Å². The van der Waals surface area contributed by atoms with Crippen LogP contribution in [0.2, 0.25) is 0 Å². The third-order valence-electron chi connectivity index (χ3n) is 4.56. The van der Waals surface area contributed by atoms with Gasteiger partial charge in [-0.2, -0.15) is 0 Å². The van der Waals surface area contributed by atoms with E-state index in [1.807, 2.05) is 30.3 Å². The smallest absolute Gasteiger partial charge is 0.303 e. The van der Waals surface area contributed by atoms with Gasteiger partial charge in [0.15, 0.2) is 11.5 Å². The number of carbonyl (C=O) groups excluding carboxylic acids is 1. The van der Waals surface area contributed by atoms with E-state index in [4.69, 9.17) is 9.84 Å². The molecular formula is C20H18N2O5S. The standard InChI is InChI=1S/C20H18N2O5S/c23-15-10-12(20-21-14-3-1-2-4-16(14)28-20)9-13-11-22(7-8-27-19(13)15)17(24)5-6-18(25)26/h1-4,9-10,23H,5-8,11H2,(H,25,26). The number of para-hydroxylation sites is 1. The normalized spacial score (nSPS) is 13.6. The van der Waals surface area contributed by atoms with Crippen LogP contribution in [0.5, 0.6) is 11.5 Å². The van der Waals surface area contributed by atoms with Crippen molar-refractivity contribution in [3.05, 3.63) is 42.0 Å². The number of hydrogen-bond acceptors (Lipinski definition) is 6. The average molecular weight is 398 g/mol. The number of rotatable bonds is 4. The summed E-state index contributed by atoms with van der Waals surface area (Å²) in [7, 11) is 0. The number of ether oxygens (including phenoxy) is 1. The molecule has 0 bridgehead atoms. The number of fused-ring (bicyclic) bond motifs is 2. The highest BCUT2D eigenvalue weighted by atomic mass is 32.1. The molecule has 0 saturated carbocycles. The SMILES string of the molecule is O=C(O)CCC(=O)N1CCOc2c(O)cc(-c3nc4ccccc4s3)cc2C1. The number of hydrogen-bond donors (Lipinski definition) is 2. The lowest BCUT2D eigenvalue weighted by Crippen LogP contribution is -2.32. The molecule has 1 aromatic heterocycles. The Kier molecular flexibility index (Phi) is 4.87. The molecule has 2 aromatic carbocycles. The van der Waals surface area contributed by atoms with Gasteiger partial charge in [0.05, 0.1) is 23.2 Å². The number of carboxylic acids is 1. The van der Waals surface area contributed by atoms with Crippen molar-refractivity contribution in [1.29, 1.82) is 0 Å². The number of thiazole rings is 1. The summed E-state index contributed by atoms with van der Waals surface area (Å²) in [5, 5.41) is 20.0. The third kappa shape index (κ3) is 3.63. The molecule has 28 heavy (non-hydrogen) atoms. The molecule has 8 heteroatoms. The zero-order chi connectivity index (χ0) is 19.7. The number of aromatic nitrogens is 1. The van der Waals surface area contributed by atoms with Crippen LogP contribution in [0.25, 0.3) is 20.8 Å². The van der Waals surface area contributed by atoms with Crippen LogP contribution in [-0.4, -0.2) is 45.1 Å². The molecule has 2 N–H and O–H groups in total. The minimum Gasteiger partial charge on any atom is -0.504 e. The zero-order valence-electron chi connectivity index (χ0n) is 14.9. The molecule has 0 aliphatic carbocycles. The quantitative estimate of drug-likeness (QED) is 0.700. The van der Waals surface area contributed by atoms with Gasteiger partial charge in [-0.25, -0.2) is 4.98 Å². The first kappa shape index (κ1) is 18.2. The highest BCUT2D eigenvalue weighted by molar-refractivity contribution is 7.21. The van der Waals surface area contributed by atoms with E-state index in [1.54, 1.807) is 11.0 Å². The van der Waals surface area contributed by atoms with E-state index in [2.05, 4.69) is 4.98 Å². The van der Waals surface area contributed by atoms with Crippen molar-refractivity contribution in [2.24, 2.45) is 0 Å². The summed E-state index contributed by atoms with van der Waals surface area (Å²) in [6.07, 6.45) is -0.270. The van der Waals surface area contributed by atoms with Gasteiger partial charge in [-0.15, -0.1) is 11.3 Å². The first-order valence-corrected chi connectivity index (χ1v) is 9.67. The fourth-order valence-corrected chi connectivity index (χ4v) is 4.16. The van der Waals surface area contributed by atoms with Crippen LogP contribution in [0.3, 0.4) is 0 Å². The van der Waals surface area contributed by atoms with Gasteiger partial charge >= 0.3 is 5.97 Å². The highest BCUT2D eigenvalue weighted by Gasteiger charge is 2.23. The Morgan fingerprint density at radius 2 is 2.04 bits per heavy atom. The van der Waals surface area contributed by atoms with Crippen molar-refractivity contribution in [2.45, 2.75) is 19.4 Å². The molecule has 144 valence electrons. The molecule has 0 radical (unpaired) electrons. The van der Waals surface area contributed by atoms with Crippen molar-refractivity contribution in [3.63, 3.8) is 0 Å². The number of aromatic hydroxyl groups is 1. The number of carboxylic acid groups (broad SMARTS) is 1. The third-order valence-corrected chi connectivity index (χ3v) is 5.65. The van der Waals surface area contributed by atoms with Gasteiger partial charge in [0.1, 0.15) is 11.6 Å². The van der Waals surface area contributed by atoms with Crippen molar-refractivity contribution in [1.82, 2.24) is 9.88 Å². The van der Waals surface area contributed by atoms with Crippen LogP contribution >= 0.6 is 11.3 Å². The summed E-state index contributed by atoms with van der Waals surface area (Å²) in [6.45, 7) is 0.822. The summed E-state index contributed by atoms with van der Waals surface area (Å²) >= 11 is 1.52. The Bertz CT molecular complexity index is 1030. The molecular weight excluding hydrogens is 380 g/mol. The lowest BCUT2D eigenvalue weighted by Gasteiger charge is -2.19. The topological polar surface area (TPSA) is 100.0 Å². The number of benzene rings is 2. The van der Waals surface area contributed by atoms with Gasteiger partial charge in [-0.3, -0.25) is 9.59 Å². The number of amides is 1. The maximum Gasteiger partial charge on any atom is 0.303 e. The molecule has 1 aliphatic rings. The second-order valence-corrected chi connectivity index (χ2v) is 7.56. The molecule has 1 aliphatic heterocycles. The number of nitrogens with zero attached hydrogens (tertiary/aromatic N) is 2. The van der Waals surface area contributed by atoms with E-state index in [0.29, 0.717) is 17.9 Å². The van der Waals surface area contributed by atoms with E-state index in [1.165, 1.54) is 11.3 Å². The Morgan fingerprint density at radius 3 is 2.82 bits per heavy atom. The average Bonchev–Trinajstić information content (AvgIpc) is 2.99. The molecule has 0 unspecified atom stereocenters. The van der Waals surface area contributed by atoms with Crippen molar-refractivity contribution in [2.75, 3.05) is 13.2 Å². The Morgan fingerprint density at radius 1 is 1.21 bits per heavy atom. The molecule has 3 aromatic rings. The van der Waals surface area contributed by atoms with Crippen LogP contribution in [-0.2, 0) is 16.1 Å². The lowest BCUT2D eigenvalue weighted by molar-refractivity contribution is -0.141. The summed E-state index contributed by atoms with van der Waals surface area (Å²) in [6, 6.07) is 11.3. The predicted molar refractivity (Wildman–Crippen MR) is 105 cm³/mol. The van der Waals surface area contributed by atoms with Gasteiger partial charge in [-0.05, 0) is 24.3 Å². The molecule has 0 spiro atoms. The summed E-state index contributed by atoms with van der Waals surface area (Å²) in [4.78, 5) is 29.3. The number of carbonyl (C=O) groups is 2. The van der Waals surface area contributed by atoms with E-state index < -0.39 is 5.97 Å². The molecule has 0 fully saturated rings. The predicted octanol–water partition coefficient (Wildman–Crippen LogP) is 3.25. The van der Waals surface area contributed by atoms with Crippen molar-refractivity contribution in [3.8, 4) is 22.1 Å². The Hall–Kier alpha value is -3.13. The summed E-state index contributed by atoms with van der Waals surface area (Å²) in [5.74, 6) is -0.885. The fourth-order valence-electron chi connectivity index (χ4n) is 3.20. The van der Waals surface area contributed by atoms with Crippen LogP contribution in [0.4, 0.5) is 0 Å². The molecule has 1 amide bonds. The van der Waals surface area contributed by atoms with Crippen molar-refractivity contribution < 1.29 is 24.5 Å². The summed E-state index contributed by atoms with van der Waals surface area (Å²) in [5.41, 5.74) is 2.31. The second-order valence-electron chi connectivity index (χ2n) is 6.53. The summed E-state index contributed by atoms with van der Waals surface area (Å²) < 4.78 is 6.71. The lowest BCUT2D eigenvalue weighted by atomic mass is 10.1. The maximum atomic E-state index is 12.4. The second kappa shape index (κ2) is 7.47. The minimum absolute atomic E-state index is 0.00610. The van der Waals surface area contributed by atoms with Crippen LogP contribution in [0, 0.1) is 0 Å². The maximum absolute atomic E-state index is 12.4. The number of aliphatic carboxylic acids is 1. The van der Waals surface area contributed by atoms with E-state index in [-0.39, 0.29) is 37.6 Å². The van der Waals surface area contributed by atoms with Crippen LogP contribution in [0.1, 0.15) is 18.4 Å². The van der Waals surface area contributed by atoms with E-state index >= 15 is 0 Å². The monoisotopic (exact) mass is 398 g/mol. The zero-order valence-corrected chi connectivity index (χ0v) is 15.7. The largest absolute Gasteiger partial charge is 0.504 e. The fraction of sp³-hybridized carbons (Fsp3) is 0.250. The first-order chi connectivity index (χ1) is 13.5. The van der Waals surface area contributed by atoms with Gasteiger partial charge in [0, 0.05) is 24.1 Å². The molecule has 0 atom stereocenters. The Labute approximate surface area is 164 Å². The number of phenols is 1. The molecule has 0 saturated heterocycles. The van der Waals surface area contributed by atoms with E-state index in [0.717, 1.165) is 20.8 Å². The van der Waals surface area contributed by atoms with Crippen molar-refractivity contribution >= 4 is 33.4 Å². The first-order valence-electron chi connectivity index (χ1n) is 8.85. The molecule has 4 rings (SSSR count). The van der Waals surface area contributed by atoms with Gasteiger partial charge in [-0.1, -0.05) is 12.1 Å². The van der Waals surface area contributed by atoms with E-state index in [9.17, 15) is 14.7 Å². The van der Waals surface area contributed by atoms with Gasteiger partial charge in [0.2, 0.25) is 5.91 Å².